The molecule has 170 valence electrons. The number of aryl methyl sites for hydroxylation is 1. The number of aromatic nitrogens is 2. The molecule has 0 radical (unpaired) electrons. The maximum atomic E-state index is 12.7. The number of imidazole rings is 1. The van der Waals surface area contributed by atoms with Crippen LogP contribution in [0.4, 0.5) is 18.0 Å². The van der Waals surface area contributed by atoms with Crippen LogP contribution in [0.1, 0.15) is 19.3 Å². The van der Waals surface area contributed by atoms with E-state index in [1.54, 1.807) is 24.5 Å². The van der Waals surface area contributed by atoms with Gasteiger partial charge in [0.2, 0.25) is 6.10 Å². The van der Waals surface area contributed by atoms with Gasteiger partial charge in [0.05, 0.1) is 25.1 Å². The Hall–Kier alpha value is -1.50. The Bertz CT molecular complexity index is 669. The minimum Gasteiger partial charge on any atom is -0.434 e. The Morgan fingerprint density at radius 2 is 2.10 bits per heavy atom. The van der Waals surface area contributed by atoms with Gasteiger partial charge in [-0.2, -0.15) is 13.2 Å². The number of amides is 1. The van der Waals surface area contributed by atoms with E-state index in [4.69, 9.17) is 9.84 Å². The first kappa shape index (κ1) is 23.2. The molecule has 1 amide bonds. The number of ether oxygens (including phenoxy) is 2. The smallest absolute Gasteiger partial charge is 0.427 e. The summed E-state index contributed by atoms with van der Waals surface area (Å²) in [5, 5.41) is 8.83. The maximum absolute atomic E-state index is 12.7. The monoisotopic (exact) mass is 452 g/mol. The van der Waals surface area contributed by atoms with Crippen LogP contribution in [0.3, 0.4) is 0 Å². The van der Waals surface area contributed by atoms with Crippen LogP contribution in [-0.4, -0.2) is 93.0 Å². The molecule has 12 heteroatoms. The Labute approximate surface area is 177 Å². The molecule has 2 aliphatic heterocycles. The third kappa shape index (κ3) is 6.25. The van der Waals surface area contributed by atoms with E-state index in [2.05, 4.69) is 14.0 Å². The van der Waals surface area contributed by atoms with Gasteiger partial charge in [0.1, 0.15) is 0 Å². The van der Waals surface area contributed by atoms with Crippen molar-refractivity contribution in [3.05, 3.63) is 18.7 Å². The zero-order valence-electron chi connectivity index (χ0n) is 16.6. The SMILES string of the molecule is O=C(OC(CO)C(F)(F)F)N1CCC2(CC1)CN(SCCCn1ccnc1)CCO2. The molecule has 2 fully saturated rings. The second-order valence-corrected chi connectivity index (χ2v) is 8.65. The molecule has 2 aliphatic rings. The Balaban J connectivity index is 1.41. The highest BCUT2D eigenvalue weighted by molar-refractivity contribution is 7.97. The maximum Gasteiger partial charge on any atom is 0.427 e. The van der Waals surface area contributed by atoms with Crippen molar-refractivity contribution in [3.63, 3.8) is 0 Å². The topological polar surface area (TPSA) is 80.1 Å². The van der Waals surface area contributed by atoms with Crippen LogP contribution in [0.15, 0.2) is 18.7 Å². The lowest BCUT2D eigenvalue weighted by Gasteiger charge is -2.46. The molecular weight excluding hydrogens is 425 g/mol. The molecule has 1 atom stereocenters. The number of aliphatic hydroxyl groups is 1. The van der Waals surface area contributed by atoms with E-state index in [0.29, 0.717) is 26.0 Å². The Morgan fingerprint density at radius 1 is 1.33 bits per heavy atom. The largest absolute Gasteiger partial charge is 0.434 e. The predicted octanol–water partition coefficient (Wildman–Crippen LogP) is 2.15. The molecule has 1 aromatic rings. The van der Waals surface area contributed by atoms with Gasteiger partial charge in [-0.15, -0.1) is 0 Å². The van der Waals surface area contributed by atoms with Crippen LogP contribution in [0.5, 0.6) is 0 Å². The highest BCUT2D eigenvalue weighted by atomic mass is 32.2. The van der Waals surface area contributed by atoms with Crippen molar-refractivity contribution in [3.8, 4) is 0 Å². The molecule has 0 bridgehead atoms. The quantitative estimate of drug-likeness (QED) is 0.502. The summed E-state index contributed by atoms with van der Waals surface area (Å²) in [4.78, 5) is 17.3. The molecule has 0 aromatic carbocycles. The fourth-order valence-electron chi connectivity index (χ4n) is 3.58. The van der Waals surface area contributed by atoms with Crippen molar-refractivity contribution in [1.82, 2.24) is 18.8 Å². The zero-order valence-corrected chi connectivity index (χ0v) is 17.4. The minimum absolute atomic E-state index is 0.258. The van der Waals surface area contributed by atoms with Gasteiger partial charge in [0.25, 0.3) is 0 Å². The fraction of sp³-hybridized carbons (Fsp3) is 0.778. The third-order valence-electron chi connectivity index (χ3n) is 5.31. The summed E-state index contributed by atoms with van der Waals surface area (Å²) in [5.41, 5.74) is -0.396. The highest BCUT2D eigenvalue weighted by Crippen LogP contribution is 2.33. The first-order valence-electron chi connectivity index (χ1n) is 9.92. The van der Waals surface area contributed by atoms with Crippen LogP contribution in [0.2, 0.25) is 0 Å². The number of morpholine rings is 1. The second-order valence-electron chi connectivity index (χ2n) is 7.47. The molecule has 3 rings (SSSR count). The van der Waals surface area contributed by atoms with Crippen LogP contribution in [0, 0.1) is 0 Å². The lowest BCUT2D eigenvalue weighted by atomic mass is 9.90. The summed E-state index contributed by atoms with van der Waals surface area (Å²) in [6.45, 7) is 2.25. The number of hydrogen-bond donors (Lipinski definition) is 1. The highest BCUT2D eigenvalue weighted by Gasteiger charge is 2.45. The average Bonchev–Trinajstić information content (AvgIpc) is 3.22. The molecule has 0 aliphatic carbocycles. The average molecular weight is 452 g/mol. The van der Waals surface area contributed by atoms with Gasteiger partial charge >= 0.3 is 12.3 Å². The van der Waals surface area contributed by atoms with E-state index in [9.17, 15) is 18.0 Å². The van der Waals surface area contributed by atoms with Gasteiger partial charge in [0, 0.05) is 50.9 Å². The molecule has 1 N–H and O–H groups in total. The van der Waals surface area contributed by atoms with Crippen molar-refractivity contribution in [2.45, 2.75) is 43.7 Å². The number of likely N-dealkylation sites (tertiary alicyclic amines) is 1. The third-order valence-corrected chi connectivity index (χ3v) is 6.46. The van der Waals surface area contributed by atoms with Gasteiger partial charge in [0.15, 0.2) is 0 Å². The standard InChI is InChI=1S/C18H27F3N4O4S/c19-18(20,21)15(12-26)29-16(27)24-6-2-17(3-7-24)13-25(9-10-28-17)30-11-1-5-23-8-4-22-14-23/h4,8,14-15,26H,1-3,5-7,9-13H2. The van der Waals surface area contributed by atoms with E-state index in [0.717, 1.165) is 25.3 Å². The predicted molar refractivity (Wildman–Crippen MR) is 104 cm³/mol. The number of piperidine rings is 1. The first-order valence-corrected chi connectivity index (χ1v) is 10.9. The van der Waals surface area contributed by atoms with Gasteiger partial charge in [-0.3, -0.25) is 0 Å². The second kappa shape index (κ2) is 10.2. The minimum atomic E-state index is -4.79. The van der Waals surface area contributed by atoms with E-state index < -0.39 is 30.6 Å². The molecule has 8 nitrogen and oxygen atoms in total. The van der Waals surface area contributed by atoms with Crippen LogP contribution in [0.25, 0.3) is 0 Å². The van der Waals surface area contributed by atoms with Crippen molar-refractivity contribution in [1.29, 1.82) is 0 Å². The lowest BCUT2D eigenvalue weighted by Crippen LogP contribution is -2.56. The van der Waals surface area contributed by atoms with Crippen molar-refractivity contribution in [2.24, 2.45) is 0 Å². The van der Waals surface area contributed by atoms with Crippen LogP contribution < -0.4 is 0 Å². The number of aliphatic hydroxyl groups excluding tert-OH is 1. The van der Waals surface area contributed by atoms with E-state index in [1.807, 2.05) is 10.8 Å². The van der Waals surface area contributed by atoms with Gasteiger partial charge in [-0.05, 0) is 19.3 Å². The number of nitrogens with zero attached hydrogens (tertiary/aromatic N) is 4. The normalized spacial score (nSPS) is 21.0. The summed E-state index contributed by atoms with van der Waals surface area (Å²) in [6.07, 6.45) is -0.777. The van der Waals surface area contributed by atoms with Gasteiger partial charge in [-0.25, -0.2) is 14.1 Å². The number of carbonyl (C=O) groups excluding carboxylic acids is 1. The summed E-state index contributed by atoms with van der Waals surface area (Å²) in [6, 6.07) is 0. The molecule has 2 saturated heterocycles. The zero-order chi connectivity index (χ0) is 21.6. The van der Waals surface area contributed by atoms with Crippen molar-refractivity contribution in [2.75, 3.05) is 45.1 Å². The number of alkyl halides is 3. The molecule has 1 unspecified atom stereocenters. The van der Waals surface area contributed by atoms with E-state index in [1.165, 1.54) is 4.90 Å². The lowest BCUT2D eigenvalue weighted by molar-refractivity contribution is -0.215. The molecule has 3 heterocycles. The Kier molecular flexibility index (Phi) is 7.88. The molecule has 1 aromatic heterocycles. The van der Waals surface area contributed by atoms with Gasteiger partial charge in [-0.1, -0.05) is 11.9 Å². The fourth-order valence-corrected chi connectivity index (χ4v) is 4.63. The van der Waals surface area contributed by atoms with E-state index >= 15 is 0 Å². The number of carbonyl (C=O) groups is 1. The first-order chi connectivity index (χ1) is 14.3. The number of rotatable bonds is 7. The van der Waals surface area contributed by atoms with E-state index in [-0.39, 0.29) is 13.1 Å². The summed E-state index contributed by atoms with van der Waals surface area (Å²) in [7, 11) is 0. The Morgan fingerprint density at radius 3 is 2.73 bits per heavy atom. The summed E-state index contributed by atoms with van der Waals surface area (Å²) >= 11 is 1.77. The summed E-state index contributed by atoms with van der Waals surface area (Å²) < 4.78 is 52.9. The van der Waals surface area contributed by atoms with Crippen LogP contribution >= 0.6 is 11.9 Å². The molecular formula is C18H27F3N4O4S. The molecule has 1 spiro atoms. The molecule has 0 saturated carbocycles. The van der Waals surface area contributed by atoms with Crippen molar-refractivity contribution >= 4 is 18.0 Å². The van der Waals surface area contributed by atoms with Gasteiger partial charge < -0.3 is 24.0 Å². The van der Waals surface area contributed by atoms with Crippen molar-refractivity contribution < 1.29 is 32.5 Å². The van der Waals surface area contributed by atoms with Crippen LogP contribution in [-0.2, 0) is 16.0 Å². The number of halogens is 3. The number of hydrogen-bond acceptors (Lipinski definition) is 7. The molecule has 30 heavy (non-hydrogen) atoms. The summed E-state index contributed by atoms with van der Waals surface area (Å²) in [5.74, 6) is 0.965.